The van der Waals surface area contributed by atoms with E-state index in [4.69, 9.17) is 19.7 Å². The topological polar surface area (TPSA) is 116 Å². The minimum Gasteiger partial charge on any atom is -0.616 e. The van der Waals surface area contributed by atoms with Crippen molar-refractivity contribution in [2.24, 2.45) is 0 Å². The number of carboxylic acids is 2. The van der Waals surface area contributed by atoms with Crippen molar-refractivity contribution < 1.29 is 33.8 Å². The van der Waals surface area contributed by atoms with Gasteiger partial charge in [0.25, 0.3) is 0 Å². The predicted octanol–water partition coefficient (Wildman–Crippen LogP) is 0.498. The highest BCUT2D eigenvalue weighted by molar-refractivity contribution is 7.91. The van der Waals surface area contributed by atoms with Crippen molar-refractivity contribution in [2.45, 2.75) is 25.7 Å². The fourth-order valence-electron chi connectivity index (χ4n) is 1.36. The molecular weight excluding hydrogens is 288 g/mol. The van der Waals surface area contributed by atoms with Crippen LogP contribution in [0.4, 0.5) is 0 Å². The smallest absolute Gasteiger partial charge is 0.329 e. The molecular formula is C12H22O7S. The van der Waals surface area contributed by atoms with Crippen LogP contribution in [0.15, 0.2) is 0 Å². The lowest BCUT2D eigenvalue weighted by atomic mass is 10.3. The Labute approximate surface area is 121 Å². The lowest BCUT2D eigenvalue weighted by molar-refractivity contribution is -0.143. The van der Waals surface area contributed by atoms with Crippen LogP contribution in [-0.2, 0) is 30.2 Å². The second kappa shape index (κ2) is 13.2. The van der Waals surface area contributed by atoms with Crippen LogP contribution in [0.5, 0.6) is 0 Å². The first-order chi connectivity index (χ1) is 9.52. The van der Waals surface area contributed by atoms with Crippen LogP contribution < -0.4 is 0 Å². The third kappa shape index (κ3) is 15.2. The number of hydrogen-bond acceptors (Lipinski definition) is 5. The quantitative estimate of drug-likeness (QED) is 0.354. The summed E-state index contributed by atoms with van der Waals surface area (Å²) in [6.45, 7) is 0.151. The molecule has 0 atom stereocenters. The van der Waals surface area contributed by atoms with Gasteiger partial charge in [0.1, 0.15) is 24.7 Å². The van der Waals surface area contributed by atoms with E-state index in [-0.39, 0.29) is 13.2 Å². The molecule has 0 aliphatic heterocycles. The largest absolute Gasteiger partial charge is 0.616 e. The highest BCUT2D eigenvalue weighted by Crippen LogP contribution is 2.02. The molecule has 0 aliphatic carbocycles. The zero-order valence-corrected chi connectivity index (χ0v) is 12.2. The zero-order chi connectivity index (χ0) is 15.2. The van der Waals surface area contributed by atoms with E-state index >= 15 is 0 Å². The van der Waals surface area contributed by atoms with E-state index in [9.17, 15) is 14.1 Å². The van der Waals surface area contributed by atoms with Crippen molar-refractivity contribution in [1.82, 2.24) is 0 Å². The van der Waals surface area contributed by atoms with Crippen molar-refractivity contribution in [3.8, 4) is 0 Å². The molecule has 118 valence electrons. The van der Waals surface area contributed by atoms with Crippen LogP contribution in [0.1, 0.15) is 25.7 Å². The number of hydrogen-bond donors (Lipinski definition) is 2. The van der Waals surface area contributed by atoms with Crippen molar-refractivity contribution in [3.63, 3.8) is 0 Å². The van der Waals surface area contributed by atoms with Crippen LogP contribution in [0.3, 0.4) is 0 Å². The maximum absolute atomic E-state index is 11.6. The Morgan fingerprint density at radius 2 is 1.25 bits per heavy atom. The number of aliphatic carboxylic acids is 2. The van der Waals surface area contributed by atoms with Crippen molar-refractivity contribution in [3.05, 3.63) is 0 Å². The van der Waals surface area contributed by atoms with Gasteiger partial charge in [0, 0.05) is 13.2 Å². The maximum Gasteiger partial charge on any atom is 0.329 e. The molecule has 0 unspecified atom stereocenters. The lowest BCUT2D eigenvalue weighted by Crippen LogP contribution is -2.14. The van der Waals surface area contributed by atoms with Gasteiger partial charge in [-0.15, -0.1) is 0 Å². The minimum absolute atomic E-state index is 0.292. The Morgan fingerprint density at radius 3 is 1.60 bits per heavy atom. The van der Waals surface area contributed by atoms with Gasteiger partial charge in [0.05, 0.1) is 0 Å². The van der Waals surface area contributed by atoms with Crippen LogP contribution in [0.25, 0.3) is 0 Å². The molecule has 0 heterocycles. The van der Waals surface area contributed by atoms with E-state index in [0.717, 1.165) is 12.8 Å². The third-order valence-corrected chi connectivity index (χ3v) is 3.76. The van der Waals surface area contributed by atoms with Crippen molar-refractivity contribution in [1.29, 1.82) is 0 Å². The molecule has 0 spiro atoms. The third-order valence-electron chi connectivity index (χ3n) is 2.27. The highest BCUT2D eigenvalue weighted by Gasteiger charge is 2.06. The number of carbonyl (C=O) groups is 2. The predicted molar refractivity (Wildman–Crippen MR) is 73.3 cm³/mol. The molecule has 0 rings (SSSR count). The molecule has 0 saturated carbocycles. The number of ether oxygens (including phenoxy) is 2. The first-order valence-corrected chi connectivity index (χ1v) is 7.95. The molecule has 0 fully saturated rings. The van der Waals surface area contributed by atoms with E-state index in [1.54, 1.807) is 0 Å². The van der Waals surface area contributed by atoms with Gasteiger partial charge in [-0.25, -0.2) is 9.59 Å². The molecule has 7 nitrogen and oxygen atoms in total. The second-order valence-corrected chi connectivity index (χ2v) is 5.85. The first-order valence-electron chi connectivity index (χ1n) is 6.46. The molecule has 0 radical (unpaired) electrons. The van der Waals surface area contributed by atoms with E-state index in [1.165, 1.54) is 0 Å². The van der Waals surface area contributed by atoms with Crippen LogP contribution >= 0.6 is 0 Å². The monoisotopic (exact) mass is 310 g/mol. The molecule has 0 aromatic heterocycles. The Hall–Kier alpha value is -0.830. The summed E-state index contributed by atoms with van der Waals surface area (Å²) < 4.78 is 21.3. The molecule has 0 amide bonds. The number of carboxylic acid groups (broad SMARTS) is 2. The summed E-state index contributed by atoms with van der Waals surface area (Å²) in [5, 5.41) is 16.7. The Morgan fingerprint density at radius 1 is 0.850 bits per heavy atom. The van der Waals surface area contributed by atoms with Gasteiger partial charge in [0.15, 0.2) is 0 Å². The SMILES string of the molecule is O=C(O)COCCCC[S+]([O-])CCCCOCC(=O)O. The molecule has 20 heavy (non-hydrogen) atoms. The highest BCUT2D eigenvalue weighted by atomic mass is 32.2. The fraction of sp³-hybridized carbons (Fsp3) is 0.833. The Kier molecular flexibility index (Phi) is 12.6. The summed E-state index contributed by atoms with van der Waals surface area (Å²) in [5.41, 5.74) is 0. The summed E-state index contributed by atoms with van der Waals surface area (Å²) in [5.74, 6) is -0.823. The van der Waals surface area contributed by atoms with Crippen LogP contribution in [-0.4, -0.2) is 64.6 Å². The molecule has 0 aromatic rings. The van der Waals surface area contributed by atoms with E-state index < -0.39 is 23.1 Å². The molecule has 0 saturated heterocycles. The summed E-state index contributed by atoms with van der Waals surface area (Å²) in [4.78, 5) is 20.3. The zero-order valence-electron chi connectivity index (χ0n) is 11.4. The molecule has 0 aromatic carbocycles. The minimum atomic E-state index is -0.987. The van der Waals surface area contributed by atoms with Gasteiger partial charge in [-0.2, -0.15) is 0 Å². The Bertz CT molecular complexity index is 247. The van der Waals surface area contributed by atoms with Crippen molar-refractivity contribution in [2.75, 3.05) is 37.9 Å². The molecule has 0 aliphatic rings. The van der Waals surface area contributed by atoms with Gasteiger partial charge in [0.2, 0.25) is 0 Å². The van der Waals surface area contributed by atoms with Gasteiger partial charge >= 0.3 is 11.9 Å². The maximum atomic E-state index is 11.6. The lowest BCUT2D eigenvalue weighted by Gasteiger charge is -2.10. The number of unbranched alkanes of at least 4 members (excludes halogenated alkanes) is 2. The number of rotatable bonds is 14. The van der Waals surface area contributed by atoms with Crippen molar-refractivity contribution >= 4 is 23.1 Å². The summed E-state index contributed by atoms with van der Waals surface area (Å²) >= 11 is -0.892. The summed E-state index contributed by atoms with van der Waals surface area (Å²) in [7, 11) is 0. The normalized spacial score (nSPS) is 10.9. The molecule has 8 heteroatoms. The van der Waals surface area contributed by atoms with Gasteiger partial charge in [-0.3, -0.25) is 0 Å². The molecule has 2 N–H and O–H groups in total. The second-order valence-electron chi connectivity index (χ2n) is 4.15. The van der Waals surface area contributed by atoms with Crippen LogP contribution in [0.2, 0.25) is 0 Å². The Balaban J connectivity index is 3.22. The first kappa shape index (κ1) is 19.2. The van der Waals surface area contributed by atoms with Gasteiger partial charge in [-0.05, 0) is 25.7 Å². The van der Waals surface area contributed by atoms with E-state index in [0.29, 0.717) is 37.6 Å². The van der Waals surface area contributed by atoms with Crippen LogP contribution in [0, 0.1) is 0 Å². The summed E-state index contributed by atoms with van der Waals surface area (Å²) in [6.07, 6.45) is 2.87. The fourth-order valence-corrected chi connectivity index (χ4v) is 2.61. The van der Waals surface area contributed by atoms with Gasteiger partial charge < -0.3 is 24.2 Å². The average Bonchev–Trinajstić information content (AvgIpc) is 2.37. The average molecular weight is 310 g/mol. The van der Waals surface area contributed by atoms with Gasteiger partial charge in [-0.1, -0.05) is 11.2 Å². The standard InChI is InChI=1S/C12H22O7S/c13-11(14)9-18-5-1-3-7-20(17)8-4-2-6-19-10-12(15)16/h1-10H2,(H,13,14)(H,15,16). The molecule has 0 bridgehead atoms. The van der Waals surface area contributed by atoms with E-state index in [1.807, 2.05) is 0 Å². The van der Waals surface area contributed by atoms with E-state index in [2.05, 4.69) is 0 Å². The summed E-state index contributed by atoms with van der Waals surface area (Å²) in [6, 6.07) is 0.